The molecule has 0 spiro atoms. The van der Waals surface area contributed by atoms with E-state index in [-0.39, 0.29) is 11.1 Å². The monoisotopic (exact) mass is 376 g/mol. The number of carbonyl (C=O) groups is 2. The maximum Gasteiger partial charge on any atom is 0.293 e. The number of imidazole rings is 1. The summed E-state index contributed by atoms with van der Waals surface area (Å²) >= 11 is 2.77. The lowest BCUT2D eigenvalue weighted by Gasteiger charge is -2.12. The van der Waals surface area contributed by atoms with Gasteiger partial charge >= 0.3 is 0 Å². The maximum atomic E-state index is 12.2. The van der Waals surface area contributed by atoms with E-state index in [1.807, 2.05) is 32.4 Å². The lowest BCUT2D eigenvalue weighted by atomic mass is 10.3. The number of hydrogen-bond acceptors (Lipinski definition) is 6. The van der Waals surface area contributed by atoms with Crippen molar-refractivity contribution in [2.45, 2.75) is 17.9 Å². The Morgan fingerprint density at radius 1 is 1.28 bits per heavy atom. The van der Waals surface area contributed by atoms with Crippen LogP contribution in [-0.2, 0) is 4.79 Å². The van der Waals surface area contributed by atoms with Crippen molar-refractivity contribution in [1.82, 2.24) is 19.2 Å². The van der Waals surface area contributed by atoms with E-state index in [0.717, 1.165) is 41.0 Å². The average molecular weight is 377 g/mol. The third-order valence-electron chi connectivity index (χ3n) is 3.67. The molecule has 0 unspecified atom stereocenters. The summed E-state index contributed by atoms with van der Waals surface area (Å²) in [7, 11) is 3.68. The van der Waals surface area contributed by atoms with Gasteiger partial charge in [0.1, 0.15) is 5.65 Å². The van der Waals surface area contributed by atoms with Gasteiger partial charge in [0.15, 0.2) is 0 Å². The second-order valence-electron chi connectivity index (χ2n) is 5.86. The van der Waals surface area contributed by atoms with Crippen LogP contribution in [0.4, 0.5) is 4.79 Å². The number of thioether (sulfide) groups is 2. The Morgan fingerprint density at radius 3 is 2.92 bits per heavy atom. The zero-order valence-corrected chi connectivity index (χ0v) is 15.8. The Kier molecular flexibility index (Phi) is 5.70. The second-order valence-corrected chi connectivity index (χ2v) is 7.97. The molecule has 1 aliphatic rings. The minimum atomic E-state index is -0.181. The van der Waals surface area contributed by atoms with E-state index in [1.165, 1.54) is 4.90 Å². The fourth-order valence-electron chi connectivity index (χ4n) is 2.51. The summed E-state index contributed by atoms with van der Waals surface area (Å²) < 4.78 is 2.06. The number of aromatic nitrogens is 2. The van der Waals surface area contributed by atoms with Gasteiger partial charge in [-0.15, -0.1) is 11.8 Å². The largest absolute Gasteiger partial charge is 0.382 e. The van der Waals surface area contributed by atoms with Gasteiger partial charge < -0.3 is 4.90 Å². The summed E-state index contributed by atoms with van der Waals surface area (Å²) in [6.07, 6.45) is 7.19. The van der Waals surface area contributed by atoms with Crippen LogP contribution in [0.15, 0.2) is 46.7 Å². The summed E-state index contributed by atoms with van der Waals surface area (Å²) in [5.74, 6) is 0.751. The van der Waals surface area contributed by atoms with Crippen LogP contribution in [0.5, 0.6) is 0 Å². The number of hydrogen-bond donors (Lipinski definition) is 0. The van der Waals surface area contributed by atoms with Gasteiger partial charge in [0.25, 0.3) is 11.1 Å². The van der Waals surface area contributed by atoms with Crippen LogP contribution >= 0.6 is 23.5 Å². The minimum absolute atomic E-state index is 0.172. The lowest BCUT2D eigenvalue weighted by molar-refractivity contribution is -0.122. The first kappa shape index (κ1) is 17.9. The summed E-state index contributed by atoms with van der Waals surface area (Å²) in [4.78, 5) is 32.1. The van der Waals surface area contributed by atoms with Crippen LogP contribution in [-0.4, -0.2) is 56.7 Å². The second kappa shape index (κ2) is 7.97. The molecule has 8 heteroatoms. The molecule has 3 heterocycles. The predicted molar refractivity (Wildman–Crippen MR) is 102 cm³/mol. The molecule has 0 saturated carbocycles. The Labute approximate surface area is 155 Å². The molecule has 3 rings (SSSR count). The topological polar surface area (TPSA) is 57.9 Å². The first-order valence-electron chi connectivity index (χ1n) is 8.03. The number of unbranched alkanes of at least 4 members (excludes halogenated alkanes) is 1. The summed E-state index contributed by atoms with van der Waals surface area (Å²) in [5.41, 5.74) is 0.940. The van der Waals surface area contributed by atoms with Gasteiger partial charge in [0, 0.05) is 39.2 Å². The quantitative estimate of drug-likeness (QED) is 0.420. The van der Waals surface area contributed by atoms with Crippen molar-refractivity contribution >= 4 is 40.3 Å². The Balaban J connectivity index is 1.47. The molecule has 0 N–H and O–H groups in total. The van der Waals surface area contributed by atoms with Crippen LogP contribution < -0.4 is 0 Å². The third-order valence-corrected chi connectivity index (χ3v) is 5.68. The van der Waals surface area contributed by atoms with Crippen molar-refractivity contribution in [3.8, 4) is 0 Å². The van der Waals surface area contributed by atoms with Gasteiger partial charge in [-0.1, -0.05) is 6.07 Å². The Hall–Kier alpha value is -1.93. The lowest BCUT2D eigenvalue weighted by Crippen LogP contribution is -2.29. The zero-order chi connectivity index (χ0) is 17.8. The van der Waals surface area contributed by atoms with Crippen molar-refractivity contribution in [3.05, 3.63) is 41.7 Å². The van der Waals surface area contributed by atoms with Gasteiger partial charge in [0.2, 0.25) is 0 Å². The van der Waals surface area contributed by atoms with E-state index in [1.54, 1.807) is 29.1 Å². The highest BCUT2D eigenvalue weighted by Crippen LogP contribution is 2.31. The molecule has 132 valence electrons. The maximum absolute atomic E-state index is 12.2. The molecule has 1 fully saturated rings. The standard InChI is InChI=1S/C17H20N4O2S2/c1-19(2)12-13-16(22)21(17(23)25-13)9-3-4-11-24-15-7-5-6-14-18-8-10-20(14)15/h5-8,10,12H,3-4,9,11H2,1-2H3. The van der Waals surface area contributed by atoms with Gasteiger partial charge in [-0.2, -0.15) is 0 Å². The minimum Gasteiger partial charge on any atom is -0.382 e. The SMILES string of the molecule is CN(C)C=C1SC(=O)N(CCCCSc2cccc3nccn23)C1=O. The van der Waals surface area contributed by atoms with Gasteiger partial charge in [-0.05, 0) is 42.5 Å². The molecule has 0 aromatic carbocycles. The fourth-order valence-corrected chi connectivity index (χ4v) is 4.46. The molecule has 25 heavy (non-hydrogen) atoms. The molecule has 0 atom stereocenters. The molecule has 6 nitrogen and oxygen atoms in total. The molecule has 0 bridgehead atoms. The van der Waals surface area contributed by atoms with E-state index >= 15 is 0 Å². The number of amides is 2. The predicted octanol–water partition coefficient (Wildman–Crippen LogP) is 3.31. The summed E-state index contributed by atoms with van der Waals surface area (Å²) in [6.45, 7) is 0.477. The molecule has 0 radical (unpaired) electrons. The summed E-state index contributed by atoms with van der Waals surface area (Å²) in [5, 5.41) is 0.976. The number of fused-ring (bicyclic) bond motifs is 1. The van der Waals surface area contributed by atoms with E-state index < -0.39 is 0 Å². The van der Waals surface area contributed by atoms with Crippen LogP contribution in [0.2, 0.25) is 0 Å². The molecule has 2 aromatic rings. The summed E-state index contributed by atoms with van der Waals surface area (Å²) in [6, 6.07) is 6.05. The number of carbonyl (C=O) groups excluding carboxylic acids is 2. The van der Waals surface area contributed by atoms with Crippen molar-refractivity contribution < 1.29 is 9.59 Å². The molecular weight excluding hydrogens is 356 g/mol. The third kappa shape index (κ3) is 4.19. The van der Waals surface area contributed by atoms with Gasteiger partial charge in [-0.3, -0.25) is 18.9 Å². The van der Waals surface area contributed by atoms with Crippen LogP contribution in [0.3, 0.4) is 0 Å². The highest BCUT2D eigenvalue weighted by Gasteiger charge is 2.34. The van der Waals surface area contributed by atoms with E-state index in [2.05, 4.69) is 15.5 Å². The Morgan fingerprint density at radius 2 is 2.12 bits per heavy atom. The van der Waals surface area contributed by atoms with Crippen LogP contribution in [0.1, 0.15) is 12.8 Å². The van der Waals surface area contributed by atoms with E-state index in [4.69, 9.17) is 0 Å². The molecular formula is C17H20N4O2S2. The molecule has 1 aliphatic heterocycles. The van der Waals surface area contributed by atoms with E-state index in [9.17, 15) is 9.59 Å². The molecule has 2 aromatic heterocycles. The number of imide groups is 1. The molecule has 2 amide bonds. The number of pyridine rings is 1. The van der Waals surface area contributed by atoms with Crippen molar-refractivity contribution in [3.63, 3.8) is 0 Å². The first-order valence-corrected chi connectivity index (χ1v) is 9.83. The van der Waals surface area contributed by atoms with Gasteiger partial charge in [-0.25, -0.2) is 4.98 Å². The smallest absolute Gasteiger partial charge is 0.293 e. The van der Waals surface area contributed by atoms with E-state index in [0.29, 0.717) is 11.4 Å². The molecule has 1 saturated heterocycles. The molecule has 0 aliphatic carbocycles. The van der Waals surface area contributed by atoms with Crippen LogP contribution in [0, 0.1) is 0 Å². The first-order chi connectivity index (χ1) is 12.1. The number of nitrogens with zero attached hydrogens (tertiary/aromatic N) is 4. The average Bonchev–Trinajstić information content (AvgIpc) is 3.14. The normalized spacial score (nSPS) is 16.4. The van der Waals surface area contributed by atoms with Gasteiger partial charge in [0.05, 0.1) is 9.93 Å². The Bertz CT molecular complexity index is 816. The fraction of sp³-hybridized carbons (Fsp3) is 0.353. The van der Waals surface area contributed by atoms with Crippen molar-refractivity contribution in [2.75, 3.05) is 26.4 Å². The van der Waals surface area contributed by atoms with Crippen molar-refractivity contribution in [1.29, 1.82) is 0 Å². The number of rotatable bonds is 7. The zero-order valence-electron chi connectivity index (χ0n) is 14.2. The highest BCUT2D eigenvalue weighted by molar-refractivity contribution is 8.18. The van der Waals surface area contributed by atoms with Crippen LogP contribution in [0.25, 0.3) is 5.65 Å². The highest BCUT2D eigenvalue weighted by atomic mass is 32.2. The van der Waals surface area contributed by atoms with Crippen molar-refractivity contribution in [2.24, 2.45) is 0 Å².